The molecule has 2 heterocycles. The lowest BCUT2D eigenvalue weighted by molar-refractivity contribution is -0.286. The van der Waals surface area contributed by atoms with Gasteiger partial charge in [-0.05, 0) is 61.2 Å². The minimum Gasteiger partial charge on any atom is -0.478 e. The van der Waals surface area contributed by atoms with Crippen molar-refractivity contribution in [3.05, 3.63) is 77.0 Å². The van der Waals surface area contributed by atoms with Crippen molar-refractivity contribution in [1.29, 1.82) is 0 Å². The predicted octanol–water partition coefficient (Wildman–Crippen LogP) is 5.17. The number of ketones is 1. The van der Waals surface area contributed by atoms with E-state index in [0.29, 0.717) is 35.4 Å². The van der Waals surface area contributed by atoms with Crippen LogP contribution in [0.15, 0.2) is 54.6 Å². The lowest BCUT2D eigenvalue weighted by Crippen LogP contribution is -2.26. The molecule has 1 aliphatic carbocycles. The first-order chi connectivity index (χ1) is 15.7. The van der Waals surface area contributed by atoms with Gasteiger partial charge in [-0.3, -0.25) is 9.78 Å². The number of Topliss-reactive ketones (excluding diaryl/α,β-unsaturated/α-hetero) is 1. The minimum absolute atomic E-state index is 0. The Labute approximate surface area is 189 Å². The Balaban J connectivity index is 0.00000274. The van der Waals surface area contributed by atoms with Gasteiger partial charge in [-0.15, -0.1) is 8.78 Å². The highest BCUT2D eigenvalue weighted by Crippen LogP contribution is 2.52. The Hall–Kier alpha value is -3.81. The van der Waals surface area contributed by atoms with Crippen LogP contribution in [0.25, 0.3) is 11.3 Å². The summed E-state index contributed by atoms with van der Waals surface area (Å²) in [5.74, 6) is -1.22. The zero-order valence-electron chi connectivity index (χ0n) is 17.6. The summed E-state index contributed by atoms with van der Waals surface area (Å²) in [6, 6.07) is 14.6. The standard InChI is InChI=1S/C25H19F2NO5.H2/c1-14-5-7-18(28-22(14)15-3-2-4-16(11-15)23(30)31)13-21(29)24(9-10-24)17-6-8-19-20(12-17)33-25(26,27)32-19;/h2-8,11-12H,9-10,13H2,1H3,(H,30,31);1H. The van der Waals surface area contributed by atoms with Gasteiger partial charge >= 0.3 is 12.3 Å². The number of aryl methyl sites for hydroxylation is 1. The van der Waals surface area contributed by atoms with Crippen LogP contribution in [0.5, 0.6) is 11.5 Å². The second-order valence-electron chi connectivity index (χ2n) is 8.37. The van der Waals surface area contributed by atoms with Crippen molar-refractivity contribution in [2.45, 2.75) is 37.9 Å². The monoisotopic (exact) mass is 453 g/mol. The molecule has 1 aromatic heterocycles. The summed E-state index contributed by atoms with van der Waals surface area (Å²) in [6.45, 7) is 1.87. The number of aromatic carboxylic acids is 1. The van der Waals surface area contributed by atoms with E-state index in [1.807, 2.05) is 13.0 Å². The van der Waals surface area contributed by atoms with Crippen LogP contribution in [0.1, 0.15) is 41.4 Å². The van der Waals surface area contributed by atoms with Gasteiger partial charge in [-0.25, -0.2) is 4.79 Å². The number of fused-ring (bicyclic) bond motifs is 1. The number of hydrogen-bond donors (Lipinski definition) is 1. The number of halogens is 2. The first-order valence-electron chi connectivity index (χ1n) is 10.4. The third kappa shape index (κ3) is 3.82. The molecule has 0 bridgehead atoms. The summed E-state index contributed by atoms with van der Waals surface area (Å²) in [7, 11) is 0. The number of benzene rings is 2. The maximum atomic E-state index is 13.4. The van der Waals surface area contributed by atoms with Crippen molar-refractivity contribution in [1.82, 2.24) is 4.98 Å². The molecule has 1 fully saturated rings. The van der Waals surface area contributed by atoms with Crippen LogP contribution in [0.4, 0.5) is 8.78 Å². The number of nitrogens with zero attached hydrogens (tertiary/aromatic N) is 1. The second kappa shape index (κ2) is 7.37. The maximum absolute atomic E-state index is 13.4. The largest absolute Gasteiger partial charge is 0.586 e. The third-order valence-corrected chi connectivity index (χ3v) is 6.12. The van der Waals surface area contributed by atoms with Crippen LogP contribution >= 0.6 is 0 Å². The van der Waals surface area contributed by atoms with E-state index in [1.54, 1.807) is 30.3 Å². The highest BCUT2D eigenvalue weighted by molar-refractivity contribution is 5.94. The Bertz CT molecular complexity index is 1310. The number of carboxylic acid groups (broad SMARTS) is 1. The molecule has 5 rings (SSSR count). The molecule has 1 saturated carbocycles. The summed E-state index contributed by atoms with van der Waals surface area (Å²) in [5, 5.41) is 9.27. The zero-order valence-corrected chi connectivity index (χ0v) is 17.6. The smallest absolute Gasteiger partial charge is 0.478 e. The molecule has 0 spiro atoms. The van der Waals surface area contributed by atoms with E-state index in [-0.39, 0.29) is 30.7 Å². The van der Waals surface area contributed by atoms with E-state index in [4.69, 9.17) is 0 Å². The van der Waals surface area contributed by atoms with Crippen molar-refractivity contribution < 1.29 is 34.4 Å². The number of carbonyl (C=O) groups is 2. The molecular formula is C25H21F2NO5. The summed E-state index contributed by atoms with van der Waals surface area (Å²) in [6.07, 6.45) is -2.42. The van der Waals surface area contributed by atoms with Crippen LogP contribution in [-0.2, 0) is 16.6 Å². The van der Waals surface area contributed by atoms with Gasteiger partial charge in [0.2, 0.25) is 0 Å². The Morgan fingerprint density at radius 1 is 1.06 bits per heavy atom. The quantitative estimate of drug-likeness (QED) is 0.555. The zero-order chi connectivity index (χ0) is 23.4. The highest BCUT2D eigenvalue weighted by Gasteiger charge is 2.52. The van der Waals surface area contributed by atoms with Gasteiger partial charge in [0.25, 0.3) is 0 Å². The highest BCUT2D eigenvalue weighted by atomic mass is 19.3. The van der Waals surface area contributed by atoms with E-state index in [1.165, 1.54) is 18.2 Å². The topological polar surface area (TPSA) is 85.7 Å². The number of carbonyl (C=O) groups excluding carboxylic acids is 1. The van der Waals surface area contributed by atoms with Crippen LogP contribution in [0.2, 0.25) is 0 Å². The van der Waals surface area contributed by atoms with Crippen molar-refractivity contribution in [3.63, 3.8) is 0 Å². The molecule has 6 nitrogen and oxygen atoms in total. The molecule has 3 aromatic rings. The van der Waals surface area contributed by atoms with Gasteiger partial charge < -0.3 is 14.6 Å². The van der Waals surface area contributed by atoms with E-state index in [9.17, 15) is 23.5 Å². The molecule has 8 heteroatoms. The molecule has 0 atom stereocenters. The second-order valence-corrected chi connectivity index (χ2v) is 8.37. The lowest BCUT2D eigenvalue weighted by atomic mass is 9.88. The SMILES string of the molecule is Cc1ccc(CC(=O)C2(c3ccc4c(c3)OC(F)(F)O4)CC2)nc1-c1cccc(C(=O)O)c1.[HH]. The fourth-order valence-electron chi connectivity index (χ4n) is 4.19. The van der Waals surface area contributed by atoms with E-state index < -0.39 is 17.7 Å². The van der Waals surface area contributed by atoms with Gasteiger partial charge in [0.05, 0.1) is 16.7 Å². The van der Waals surface area contributed by atoms with Gasteiger partial charge in [-0.2, -0.15) is 0 Å². The van der Waals surface area contributed by atoms with Crippen molar-refractivity contribution in [2.24, 2.45) is 0 Å². The Morgan fingerprint density at radius 2 is 1.82 bits per heavy atom. The summed E-state index contributed by atoms with van der Waals surface area (Å²) in [4.78, 5) is 29.2. The summed E-state index contributed by atoms with van der Waals surface area (Å²) in [5.41, 5.74) is 2.69. The summed E-state index contributed by atoms with van der Waals surface area (Å²) < 4.78 is 35.7. The van der Waals surface area contributed by atoms with Gasteiger partial charge in [0.1, 0.15) is 5.78 Å². The molecule has 2 aromatic carbocycles. The predicted molar refractivity (Wildman–Crippen MR) is 116 cm³/mol. The van der Waals surface area contributed by atoms with Crippen LogP contribution in [0.3, 0.4) is 0 Å². The maximum Gasteiger partial charge on any atom is 0.586 e. The molecule has 33 heavy (non-hydrogen) atoms. The Kier molecular flexibility index (Phi) is 4.70. The van der Waals surface area contributed by atoms with Crippen LogP contribution < -0.4 is 9.47 Å². The lowest BCUT2D eigenvalue weighted by Gasteiger charge is -2.16. The average molecular weight is 453 g/mol. The van der Waals surface area contributed by atoms with Crippen LogP contribution in [0, 0.1) is 6.92 Å². The fourth-order valence-corrected chi connectivity index (χ4v) is 4.19. The molecule has 0 radical (unpaired) electrons. The van der Waals surface area contributed by atoms with Gasteiger partial charge in [0, 0.05) is 19.1 Å². The number of rotatable bonds is 6. The first kappa shape index (κ1) is 21.1. The fraction of sp³-hybridized carbons (Fsp3) is 0.240. The van der Waals surface area contributed by atoms with Gasteiger partial charge in [-0.1, -0.05) is 24.3 Å². The summed E-state index contributed by atoms with van der Waals surface area (Å²) >= 11 is 0. The normalized spacial score (nSPS) is 16.9. The number of alkyl halides is 2. The third-order valence-electron chi connectivity index (χ3n) is 6.12. The molecule has 0 saturated heterocycles. The molecule has 1 N–H and O–H groups in total. The number of aromatic nitrogens is 1. The minimum atomic E-state index is -3.71. The average Bonchev–Trinajstić information content (AvgIpc) is 3.52. The van der Waals surface area contributed by atoms with Crippen molar-refractivity contribution >= 4 is 11.8 Å². The number of ether oxygens (including phenoxy) is 2. The van der Waals surface area contributed by atoms with E-state index in [0.717, 1.165) is 5.56 Å². The van der Waals surface area contributed by atoms with Crippen molar-refractivity contribution in [3.8, 4) is 22.8 Å². The van der Waals surface area contributed by atoms with E-state index >= 15 is 0 Å². The molecule has 2 aliphatic rings. The molecule has 170 valence electrons. The molecule has 0 unspecified atom stereocenters. The van der Waals surface area contributed by atoms with E-state index in [2.05, 4.69) is 14.5 Å². The van der Waals surface area contributed by atoms with Crippen molar-refractivity contribution in [2.75, 3.05) is 0 Å². The number of hydrogen-bond acceptors (Lipinski definition) is 5. The van der Waals surface area contributed by atoms with Gasteiger partial charge in [0.15, 0.2) is 11.5 Å². The Morgan fingerprint density at radius 3 is 2.55 bits per heavy atom. The molecule has 1 aliphatic heterocycles. The van der Waals surface area contributed by atoms with Crippen LogP contribution in [-0.4, -0.2) is 28.1 Å². The molecular weight excluding hydrogens is 432 g/mol. The molecule has 0 amide bonds. The first-order valence-corrected chi connectivity index (χ1v) is 10.4. The number of pyridine rings is 1. The number of carboxylic acids is 1.